The largest absolute Gasteiger partial charge is 0.384 e. The third-order valence-corrected chi connectivity index (χ3v) is 6.89. The summed E-state index contributed by atoms with van der Waals surface area (Å²) in [5.74, 6) is -2.30. The van der Waals surface area contributed by atoms with Gasteiger partial charge in [-0.3, -0.25) is 9.59 Å². The van der Waals surface area contributed by atoms with Crippen LogP contribution in [-0.2, 0) is 16.0 Å². The van der Waals surface area contributed by atoms with Crippen LogP contribution in [0, 0.1) is 11.6 Å². The molecule has 5 rings (SSSR count). The second-order valence-corrected chi connectivity index (χ2v) is 9.16. The SMILES string of the molecule is CCc1ncnc(-c2cc(F)c(C(=O)N3CCC4(CC3)CC(=O)CO4)c(F)c2)c1-c1ccc(N)nc1. The van der Waals surface area contributed by atoms with Crippen molar-refractivity contribution in [3.8, 4) is 22.4 Å². The number of rotatable bonds is 4. The van der Waals surface area contributed by atoms with E-state index in [1.165, 1.54) is 11.2 Å². The molecule has 0 atom stereocenters. The van der Waals surface area contributed by atoms with E-state index in [9.17, 15) is 9.59 Å². The number of aromatic nitrogens is 3. The van der Waals surface area contributed by atoms with Gasteiger partial charge in [0, 0.05) is 42.4 Å². The van der Waals surface area contributed by atoms with Crippen molar-refractivity contribution in [3.63, 3.8) is 0 Å². The lowest BCUT2D eigenvalue weighted by atomic mass is 9.88. The minimum atomic E-state index is -0.972. The Morgan fingerprint density at radius 2 is 1.83 bits per heavy atom. The average molecular weight is 494 g/mol. The molecule has 1 amide bonds. The molecule has 2 aliphatic heterocycles. The Hall–Kier alpha value is -3.79. The fourth-order valence-electron chi connectivity index (χ4n) is 4.97. The first-order valence-corrected chi connectivity index (χ1v) is 11.8. The zero-order valence-electron chi connectivity index (χ0n) is 19.8. The van der Waals surface area contributed by atoms with E-state index in [4.69, 9.17) is 10.5 Å². The van der Waals surface area contributed by atoms with Gasteiger partial charge in [-0.15, -0.1) is 0 Å². The van der Waals surface area contributed by atoms with E-state index < -0.39 is 28.7 Å². The van der Waals surface area contributed by atoms with Crippen LogP contribution >= 0.6 is 0 Å². The van der Waals surface area contributed by atoms with Gasteiger partial charge in [-0.05, 0) is 43.5 Å². The molecule has 2 saturated heterocycles. The van der Waals surface area contributed by atoms with Crippen LogP contribution in [0.3, 0.4) is 0 Å². The quantitative estimate of drug-likeness (QED) is 0.591. The molecule has 3 aromatic rings. The maximum Gasteiger partial charge on any atom is 0.259 e. The van der Waals surface area contributed by atoms with E-state index in [-0.39, 0.29) is 31.0 Å². The number of ether oxygens (including phenoxy) is 1. The highest BCUT2D eigenvalue weighted by molar-refractivity contribution is 5.96. The van der Waals surface area contributed by atoms with E-state index in [0.29, 0.717) is 54.0 Å². The summed E-state index contributed by atoms with van der Waals surface area (Å²) in [5, 5.41) is 0. The molecule has 36 heavy (non-hydrogen) atoms. The molecule has 0 saturated carbocycles. The van der Waals surface area contributed by atoms with Crippen LogP contribution in [-0.4, -0.2) is 56.8 Å². The number of anilines is 1. The highest BCUT2D eigenvalue weighted by Gasteiger charge is 2.43. The predicted molar refractivity (Wildman–Crippen MR) is 128 cm³/mol. The molecule has 0 radical (unpaired) electrons. The molecule has 8 nitrogen and oxygen atoms in total. The number of hydrogen-bond acceptors (Lipinski definition) is 7. The number of nitrogen functional groups attached to an aromatic ring is 1. The summed E-state index contributed by atoms with van der Waals surface area (Å²) >= 11 is 0. The summed E-state index contributed by atoms with van der Waals surface area (Å²) in [6.45, 7) is 2.51. The Bertz CT molecular complexity index is 1310. The van der Waals surface area contributed by atoms with E-state index in [1.54, 1.807) is 18.3 Å². The molecule has 0 aliphatic carbocycles. The highest BCUT2D eigenvalue weighted by Crippen LogP contribution is 2.36. The molecule has 2 fully saturated rings. The van der Waals surface area contributed by atoms with Crippen LogP contribution in [0.25, 0.3) is 22.4 Å². The van der Waals surface area contributed by atoms with Crippen molar-refractivity contribution in [1.82, 2.24) is 19.9 Å². The van der Waals surface area contributed by atoms with Gasteiger partial charge in [0.1, 0.15) is 35.9 Å². The van der Waals surface area contributed by atoms with E-state index in [0.717, 1.165) is 12.1 Å². The van der Waals surface area contributed by atoms with E-state index in [1.807, 2.05) is 6.92 Å². The number of ketones is 1. The van der Waals surface area contributed by atoms with Gasteiger partial charge in [-0.2, -0.15) is 0 Å². The number of halogens is 2. The van der Waals surface area contributed by atoms with Gasteiger partial charge in [-0.1, -0.05) is 6.92 Å². The summed E-state index contributed by atoms with van der Waals surface area (Å²) in [6, 6.07) is 5.62. The monoisotopic (exact) mass is 493 g/mol. The summed E-state index contributed by atoms with van der Waals surface area (Å²) in [5.41, 5.74) is 6.98. The minimum Gasteiger partial charge on any atom is -0.384 e. The van der Waals surface area contributed by atoms with Gasteiger partial charge < -0.3 is 15.4 Å². The van der Waals surface area contributed by atoms with Gasteiger partial charge in [0.2, 0.25) is 0 Å². The molecule has 1 spiro atoms. The number of hydrogen-bond donors (Lipinski definition) is 1. The summed E-state index contributed by atoms with van der Waals surface area (Å²) in [4.78, 5) is 38.9. The fraction of sp³-hybridized carbons (Fsp3) is 0.346. The molecule has 186 valence electrons. The Balaban J connectivity index is 1.46. The second-order valence-electron chi connectivity index (χ2n) is 9.16. The van der Waals surface area contributed by atoms with Crippen molar-refractivity contribution in [2.24, 2.45) is 0 Å². The number of amides is 1. The first-order valence-electron chi connectivity index (χ1n) is 11.8. The first-order chi connectivity index (χ1) is 17.3. The number of piperidine rings is 1. The number of nitrogens with two attached hydrogens (primary N) is 1. The second kappa shape index (κ2) is 9.34. The number of nitrogens with zero attached hydrogens (tertiary/aromatic N) is 4. The normalized spacial score (nSPS) is 17.1. The maximum absolute atomic E-state index is 15.3. The molecule has 0 unspecified atom stereocenters. The van der Waals surface area contributed by atoms with Crippen molar-refractivity contribution in [2.45, 2.75) is 38.2 Å². The van der Waals surface area contributed by atoms with Crippen molar-refractivity contribution in [2.75, 3.05) is 25.4 Å². The number of aryl methyl sites for hydroxylation is 1. The van der Waals surface area contributed by atoms with Gasteiger partial charge in [-0.25, -0.2) is 23.7 Å². The lowest BCUT2D eigenvalue weighted by Crippen LogP contribution is -2.46. The van der Waals surface area contributed by atoms with Gasteiger partial charge in [0.05, 0.1) is 17.0 Å². The molecule has 10 heteroatoms. The third kappa shape index (κ3) is 4.32. The van der Waals surface area contributed by atoms with Crippen LogP contribution in [0.2, 0.25) is 0 Å². The molecule has 0 bridgehead atoms. The zero-order valence-corrected chi connectivity index (χ0v) is 19.8. The standard InChI is InChI=1S/C26H25F2N5O3/c1-2-20-22(15-3-4-21(29)30-12-15)24(32-14-31-20)16-9-18(27)23(19(28)10-16)25(35)33-7-5-26(6-8-33)11-17(34)13-36-26/h3-4,9-10,12,14H,2,5-8,11,13H2,1H3,(H2,29,30). The molecule has 2 aliphatic rings. The molecule has 2 aromatic heterocycles. The molecular weight excluding hydrogens is 468 g/mol. The lowest BCUT2D eigenvalue weighted by Gasteiger charge is -2.38. The first kappa shape index (κ1) is 23.9. The zero-order chi connectivity index (χ0) is 25.4. The maximum atomic E-state index is 15.3. The lowest BCUT2D eigenvalue weighted by molar-refractivity contribution is -0.118. The van der Waals surface area contributed by atoms with Gasteiger partial charge in [0.15, 0.2) is 5.78 Å². The highest BCUT2D eigenvalue weighted by atomic mass is 19.1. The number of pyridine rings is 1. The molecule has 4 heterocycles. The Labute approximate surface area is 206 Å². The predicted octanol–water partition coefficient (Wildman–Crippen LogP) is 3.59. The van der Waals surface area contributed by atoms with Crippen LogP contribution in [0.5, 0.6) is 0 Å². The Morgan fingerprint density at radius 3 is 2.42 bits per heavy atom. The summed E-state index contributed by atoms with van der Waals surface area (Å²) < 4.78 is 36.2. The third-order valence-electron chi connectivity index (χ3n) is 6.89. The van der Waals surface area contributed by atoms with Gasteiger partial charge in [0.25, 0.3) is 5.91 Å². The number of carbonyl (C=O) groups excluding carboxylic acids is 2. The Kier molecular flexibility index (Phi) is 6.21. The summed E-state index contributed by atoms with van der Waals surface area (Å²) in [7, 11) is 0. The minimum absolute atomic E-state index is 0.0347. The fourth-order valence-corrected chi connectivity index (χ4v) is 4.97. The molecule has 2 N–H and O–H groups in total. The number of likely N-dealkylation sites (tertiary alicyclic amines) is 1. The van der Waals surface area contributed by atoms with Crippen LogP contribution < -0.4 is 5.73 Å². The van der Waals surface area contributed by atoms with Crippen LogP contribution in [0.15, 0.2) is 36.8 Å². The number of benzene rings is 1. The van der Waals surface area contributed by atoms with Crippen LogP contribution in [0.4, 0.5) is 14.6 Å². The van der Waals surface area contributed by atoms with Crippen LogP contribution in [0.1, 0.15) is 42.2 Å². The van der Waals surface area contributed by atoms with Gasteiger partial charge >= 0.3 is 0 Å². The topological polar surface area (TPSA) is 111 Å². The smallest absolute Gasteiger partial charge is 0.259 e. The average Bonchev–Trinajstić information content (AvgIpc) is 3.23. The van der Waals surface area contributed by atoms with E-state index >= 15 is 8.78 Å². The van der Waals surface area contributed by atoms with Crippen molar-refractivity contribution in [3.05, 3.63) is 59.7 Å². The van der Waals surface area contributed by atoms with Crippen molar-refractivity contribution in [1.29, 1.82) is 0 Å². The van der Waals surface area contributed by atoms with Crippen molar-refractivity contribution < 1.29 is 23.1 Å². The molecule has 1 aromatic carbocycles. The molecular formula is C26H25F2N5O3. The summed E-state index contributed by atoms with van der Waals surface area (Å²) in [6.07, 6.45) is 4.68. The van der Waals surface area contributed by atoms with Crippen molar-refractivity contribution >= 4 is 17.5 Å². The Morgan fingerprint density at radius 1 is 1.11 bits per heavy atom. The number of Topliss-reactive ketones (excluding diaryl/α,β-unsaturated/α-hetero) is 1. The van der Waals surface area contributed by atoms with E-state index in [2.05, 4.69) is 15.0 Å². The number of carbonyl (C=O) groups is 2.